The highest BCUT2D eigenvalue weighted by Crippen LogP contribution is 2.23. The number of methoxy groups -OCH3 is 1. The molecule has 1 N–H and O–H groups in total. The molecule has 3 aromatic rings. The lowest BCUT2D eigenvalue weighted by Gasteiger charge is -2.16. The van der Waals surface area contributed by atoms with E-state index in [0.717, 1.165) is 0 Å². The molecule has 0 aliphatic rings. The molecule has 0 atom stereocenters. The van der Waals surface area contributed by atoms with Crippen LogP contribution in [0, 0.1) is 12.7 Å². The van der Waals surface area contributed by atoms with Crippen molar-refractivity contribution in [3.05, 3.63) is 70.3 Å². The number of amides is 1. The van der Waals surface area contributed by atoms with Crippen LogP contribution in [0.15, 0.2) is 53.3 Å². The van der Waals surface area contributed by atoms with E-state index in [1.54, 1.807) is 37.3 Å². The molecule has 1 heterocycles. The number of nitrogens with zero attached hydrogens (tertiary/aromatic N) is 1. The first-order valence-corrected chi connectivity index (χ1v) is 7.73. The highest BCUT2D eigenvalue weighted by Gasteiger charge is 2.14. The number of nitrogens with one attached hydrogen (secondary N) is 1. The Bertz CT molecular complexity index is 1010. The van der Waals surface area contributed by atoms with Crippen LogP contribution in [0.5, 0.6) is 5.75 Å². The number of carbonyl (C=O) groups excluding carboxylic acids is 1. The number of ether oxygens (including phenoxy) is 1. The fourth-order valence-electron chi connectivity index (χ4n) is 2.80. The van der Waals surface area contributed by atoms with E-state index in [4.69, 9.17) is 4.74 Å². The van der Waals surface area contributed by atoms with Crippen molar-refractivity contribution in [1.82, 2.24) is 4.57 Å². The van der Waals surface area contributed by atoms with E-state index in [0.29, 0.717) is 17.1 Å². The van der Waals surface area contributed by atoms with E-state index in [2.05, 4.69) is 5.32 Å². The predicted molar refractivity (Wildman–Crippen MR) is 94.5 cm³/mol. The topological polar surface area (TPSA) is 60.3 Å². The Morgan fingerprint density at radius 1 is 1.20 bits per heavy atom. The number of fused-ring (bicyclic) bond motifs is 1. The molecule has 5 nitrogen and oxygen atoms in total. The van der Waals surface area contributed by atoms with Gasteiger partial charge >= 0.3 is 0 Å². The van der Waals surface area contributed by atoms with Crippen LogP contribution in [-0.4, -0.2) is 17.6 Å². The van der Waals surface area contributed by atoms with Crippen molar-refractivity contribution in [2.75, 3.05) is 12.4 Å². The number of carbonyl (C=O) groups is 1. The Hall–Kier alpha value is -3.15. The van der Waals surface area contributed by atoms with Gasteiger partial charge in [0.2, 0.25) is 5.91 Å². The van der Waals surface area contributed by atoms with Gasteiger partial charge in [0.05, 0.1) is 18.3 Å². The molecule has 0 saturated heterocycles. The van der Waals surface area contributed by atoms with E-state index >= 15 is 0 Å². The summed E-state index contributed by atoms with van der Waals surface area (Å²) in [4.78, 5) is 24.5. The number of pyridine rings is 1. The molecule has 0 radical (unpaired) electrons. The van der Waals surface area contributed by atoms with Crippen LogP contribution in [0.3, 0.4) is 0 Å². The lowest BCUT2D eigenvalue weighted by molar-refractivity contribution is -0.116. The molecular weight excluding hydrogens is 323 g/mol. The number of aromatic nitrogens is 1. The first-order valence-electron chi connectivity index (χ1n) is 7.73. The SMILES string of the molecule is COc1ccccc1NC(=O)Cn1c(C)cc(=O)c2cccc(F)c21. The van der Waals surface area contributed by atoms with Crippen LogP contribution in [-0.2, 0) is 11.3 Å². The van der Waals surface area contributed by atoms with Gasteiger partial charge < -0.3 is 14.6 Å². The summed E-state index contributed by atoms with van der Waals surface area (Å²) in [6, 6.07) is 12.7. The van der Waals surface area contributed by atoms with Crippen LogP contribution < -0.4 is 15.5 Å². The van der Waals surface area contributed by atoms with Crippen LogP contribution in [0.25, 0.3) is 10.9 Å². The molecule has 128 valence electrons. The maximum Gasteiger partial charge on any atom is 0.244 e. The van der Waals surface area contributed by atoms with Crippen LogP contribution in [0.4, 0.5) is 10.1 Å². The van der Waals surface area contributed by atoms with Crippen molar-refractivity contribution in [2.45, 2.75) is 13.5 Å². The Labute approximate surface area is 143 Å². The third-order valence-corrected chi connectivity index (χ3v) is 3.97. The summed E-state index contributed by atoms with van der Waals surface area (Å²) in [7, 11) is 1.51. The molecule has 0 bridgehead atoms. The number of aryl methyl sites for hydroxylation is 1. The van der Waals surface area contributed by atoms with E-state index in [1.165, 1.54) is 29.9 Å². The van der Waals surface area contributed by atoms with Gasteiger partial charge in [0.15, 0.2) is 5.43 Å². The van der Waals surface area contributed by atoms with Crippen LogP contribution >= 0.6 is 0 Å². The van der Waals surface area contributed by atoms with Crippen molar-refractivity contribution in [1.29, 1.82) is 0 Å². The summed E-state index contributed by atoms with van der Waals surface area (Å²) in [5, 5.41) is 3.00. The summed E-state index contributed by atoms with van der Waals surface area (Å²) in [6.07, 6.45) is 0. The average molecular weight is 340 g/mol. The molecule has 0 aliphatic carbocycles. The second-order valence-electron chi connectivity index (χ2n) is 5.62. The molecule has 0 fully saturated rings. The van der Waals surface area contributed by atoms with Gasteiger partial charge in [-0.1, -0.05) is 18.2 Å². The fourth-order valence-corrected chi connectivity index (χ4v) is 2.80. The number of hydrogen-bond donors (Lipinski definition) is 1. The number of hydrogen-bond acceptors (Lipinski definition) is 3. The van der Waals surface area contributed by atoms with E-state index in [9.17, 15) is 14.0 Å². The second kappa shape index (κ2) is 6.76. The first-order chi connectivity index (χ1) is 12.0. The zero-order chi connectivity index (χ0) is 18.0. The second-order valence-corrected chi connectivity index (χ2v) is 5.62. The third-order valence-electron chi connectivity index (χ3n) is 3.97. The van der Waals surface area contributed by atoms with E-state index in [-0.39, 0.29) is 28.8 Å². The van der Waals surface area contributed by atoms with Crippen molar-refractivity contribution in [3.63, 3.8) is 0 Å². The molecule has 3 rings (SSSR count). The number of anilines is 1. The van der Waals surface area contributed by atoms with Crippen molar-refractivity contribution in [2.24, 2.45) is 0 Å². The molecule has 6 heteroatoms. The molecule has 0 aliphatic heterocycles. The maximum atomic E-state index is 14.3. The van der Waals surface area contributed by atoms with Gasteiger partial charge in [-0.15, -0.1) is 0 Å². The molecule has 1 amide bonds. The van der Waals surface area contributed by atoms with E-state index < -0.39 is 5.82 Å². The molecule has 0 saturated carbocycles. The maximum absolute atomic E-state index is 14.3. The number of benzene rings is 2. The molecular formula is C19H17FN2O3. The average Bonchev–Trinajstić information content (AvgIpc) is 2.59. The van der Waals surface area contributed by atoms with Gasteiger partial charge in [0.1, 0.15) is 18.1 Å². The Balaban J connectivity index is 1.98. The number of para-hydroxylation sites is 3. The fraction of sp³-hybridized carbons (Fsp3) is 0.158. The van der Waals surface area contributed by atoms with Crippen LogP contribution in [0.2, 0.25) is 0 Å². The van der Waals surface area contributed by atoms with Crippen molar-refractivity contribution >= 4 is 22.5 Å². The standard InChI is InChI=1S/C19H17FN2O3/c1-12-10-16(23)13-6-5-7-14(20)19(13)22(12)11-18(24)21-15-8-3-4-9-17(15)25-2/h3-10H,11H2,1-2H3,(H,21,24). The number of rotatable bonds is 4. The van der Waals surface area contributed by atoms with Gasteiger partial charge in [0.25, 0.3) is 0 Å². The van der Waals surface area contributed by atoms with Crippen molar-refractivity contribution < 1.29 is 13.9 Å². The number of halogens is 1. The molecule has 25 heavy (non-hydrogen) atoms. The van der Waals surface area contributed by atoms with Gasteiger partial charge in [-0.05, 0) is 31.2 Å². The first kappa shape index (κ1) is 16.7. The lowest BCUT2D eigenvalue weighted by atomic mass is 10.1. The van der Waals surface area contributed by atoms with Crippen LogP contribution in [0.1, 0.15) is 5.69 Å². The smallest absolute Gasteiger partial charge is 0.244 e. The van der Waals surface area contributed by atoms with Gasteiger partial charge in [-0.25, -0.2) is 4.39 Å². The quantitative estimate of drug-likeness (QED) is 0.794. The summed E-state index contributed by atoms with van der Waals surface area (Å²) in [5.74, 6) is -0.354. The Morgan fingerprint density at radius 3 is 2.72 bits per heavy atom. The summed E-state index contributed by atoms with van der Waals surface area (Å²) in [6.45, 7) is 1.55. The largest absolute Gasteiger partial charge is 0.495 e. The Morgan fingerprint density at radius 2 is 1.96 bits per heavy atom. The highest BCUT2D eigenvalue weighted by atomic mass is 19.1. The molecule has 2 aromatic carbocycles. The summed E-state index contributed by atoms with van der Waals surface area (Å²) in [5.41, 5.74) is 0.896. The molecule has 0 spiro atoms. The monoisotopic (exact) mass is 340 g/mol. The normalized spacial score (nSPS) is 10.7. The van der Waals surface area contributed by atoms with Crippen molar-refractivity contribution in [3.8, 4) is 5.75 Å². The predicted octanol–water partition coefficient (Wildman–Crippen LogP) is 3.10. The minimum absolute atomic E-state index is 0.123. The minimum Gasteiger partial charge on any atom is -0.495 e. The zero-order valence-electron chi connectivity index (χ0n) is 13.9. The Kier molecular flexibility index (Phi) is 4.52. The summed E-state index contributed by atoms with van der Waals surface area (Å²) >= 11 is 0. The summed E-state index contributed by atoms with van der Waals surface area (Å²) < 4.78 is 21.0. The zero-order valence-corrected chi connectivity index (χ0v) is 13.9. The lowest BCUT2D eigenvalue weighted by Crippen LogP contribution is -2.23. The highest BCUT2D eigenvalue weighted by molar-refractivity contribution is 5.93. The molecule has 0 unspecified atom stereocenters. The van der Waals surface area contributed by atoms with Gasteiger partial charge in [-0.2, -0.15) is 0 Å². The van der Waals surface area contributed by atoms with E-state index in [1.807, 2.05) is 0 Å². The third kappa shape index (κ3) is 3.24. The molecule has 1 aromatic heterocycles. The van der Waals surface area contributed by atoms with Gasteiger partial charge in [-0.3, -0.25) is 9.59 Å². The minimum atomic E-state index is -0.539. The van der Waals surface area contributed by atoms with Gasteiger partial charge in [0, 0.05) is 17.1 Å².